The lowest BCUT2D eigenvalue weighted by Crippen LogP contribution is -2.56. The molecular formula is C21H24FNO6S. The number of hydrogen-bond donors (Lipinski definition) is 1. The van der Waals surface area contributed by atoms with E-state index in [4.69, 9.17) is 14.2 Å². The van der Waals surface area contributed by atoms with Gasteiger partial charge in [0.1, 0.15) is 11.9 Å². The Balaban J connectivity index is 1.75. The van der Waals surface area contributed by atoms with E-state index in [-0.39, 0.29) is 17.9 Å². The molecule has 7 nitrogen and oxygen atoms in total. The first kappa shape index (κ1) is 22.4. The summed E-state index contributed by atoms with van der Waals surface area (Å²) in [4.78, 5) is 11.4. The number of esters is 1. The van der Waals surface area contributed by atoms with Crippen LogP contribution in [0.15, 0.2) is 59.5 Å². The van der Waals surface area contributed by atoms with Crippen molar-refractivity contribution in [3.8, 4) is 0 Å². The number of halogens is 1. The Morgan fingerprint density at radius 3 is 2.47 bits per heavy atom. The molecule has 30 heavy (non-hydrogen) atoms. The number of rotatable bonds is 7. The van der Waals surface area contributed by atoms with Crippen LogP contribution in [0, 0.1) is 5.82 Å². The predicted octanol–water partition coefficient (Wildman–Crippen LogP) is 2.76. The molecule has 0 aliphatic carbocycles. The summed E-state index contributed by atoms with van der Waals surface area (Å²) in [5.74, 6) is -1.09. The Morgan fingerprint density at radius 1 is 1.17 bits per heavy atom. The first-order valence-electron chi connectivity index (χ1n) is 9.51. The maximum absolute atomic E-state index is 13.2. The minimum absolute atomic E-state index is 0.0913. The molecule has 1 N–H and O–H groups in total. The van der Waals surface area contributed by atoms with E-state index >= 15 is 0 Å². The molecule has 1 heterocycles. The van der Waals surface area contributed by atoms with Crippen LogP contribution in [0.1, 0.15) is 25.8 Å². The van der Waals surface area contributed by atoms with Crippen LogP contribution in [0.4, 0.5) is 4.39 Å². The molecule has 2 aromatic rings. The van der Waals surface area contributed by atoms with Gasteiger partial charge in [0, 0.05) is 13.3 Å². The molecule has 4 atom stereocenters. The fourth-order valence-electron chi connectivity index (χ4n) is 3.28. The van der Waals surface area contributed by atoms with Crippen LogP contribution in [0.25, 0.3) is 0 Å². The third-order valence-electron chi connectivity index (χ3n) is 4.68. The summed E-state index contributed by atoms with van der Waals surface area (Å²) in [6.07, 6.45) is -2.01. The van der Waals surface area contributed by atoms with Crippen molar-refractivity contribution in [3.63, 3.8) is 0 Å². The van der Waals surface area contributed by atoms with E-state index in [0.29, 0.717) is 0 Å². The standard InChI is InChI=1S/C21H24FNO6S/c1-14-21(29-15(2)24)19(23-30(25,26)18-10-8-17(22)9-11-18)12-20(28-14)27-13-16-6-4-3-5-7-16/h3-11,14,19-21,23H,12-13H2,1-2H3/t14-,19+,20+,21-/m0/s1. The molecule has 0 saturated carbocycles. The Labute approximate surface area is 175 Å². The van der Waals surface area contributed by atoms with E-state index in [1.165, 1.54) is 19.1 Å². The van der Waals surface area contributed by atoms with Gasteiger partial charge in [0.05, 0.1) is 23.6 Å². The molecule has 0 radical (unpaired) electrons. The van der Waals surface area contributed by atoms with Crippen molar-refractivity contribution in [1.29, 1.82) is 0 Å². The second-order valence-corrected chi connectivity index (χ2v) is 8.77. The van der Waals surface area contributed by atoms with Crippen molar-refractivity contribution < 1.29 is 31.8 Å². The predicted molar refractivity (Wildman–Crippen MR) is 106 cm³/mol. The minimum atomic E-state index is -3.98. The van der Waals surface area contributed by atoms with Crippen molar-refractivity contribution >= 4 is 16.0 Å². The largest absolute Gasteiger partial charge is 0.458 e. The second-order valence-electron chi connectivity index (χ2n) is 7.06. The first-order chi connectivity index (χ1) is 14.2. The van der Waals surface area contributed by atoms with E-state index in [1.54, 1.807) is 6.92 Å². The van der Waals surface area contributed by atoms with Gasteiger partial charge < -0.3 is 14.2 Å². The molecule has 1 aliphatic heterocycles. The van der Waals surface area contributed by atoms with E-state index in [0.717, 1.165) is 17.7 Å². The number of nitrogens with one attached hydrogen (secondary N) is 1. The molecule has 0 amide bonds. The minimum Gasteiger partial charge on any atom is -0.458 e. The number of carbonyl (C=O) groups excluding carboxylic acids is 1. The fraction of sp³-hybridized carbons (Fsp3) is 0.381. The van der Waals surface area contributed by atoms with Crippen LogP contribution in [0.3, 0.4) is 0 Å². The van der Waals surface area contributed by atoms with E-state index in [2.05, 4.69) is 4.72 Å². The zero-order valence-corrected chi connectivity index (χ0v) is 17.5. The monoisotopic (exact) mass is 437 g/mol. The quantitative estimate of drug-likeness (QED) is 0.670. The van der Waals surface area contributed by atoms with Crippen LogP contribution in [0.2, 0.25) is 0 Å². The van der Waals surface area contributed by atoms with E-state index in [1.807, 2.05) is 30.3 Å². The fourth-order valence-corrected chi connectivity index (χ4v) is 4.54. The highest BCUT2D eigenvalue weighted by Gasteiger charge is 2.41. The molecule has 162 valence electrons. The summed E-state index contributed by atoms with van der Waals surface area (Å²) < 4.78 is 58.2. The van der Waals surface area contributed by atoms with Crippen LogP contribution in [-0.4, -0.2) is 38.9 Å². The van der Waals surface area contributed by atoms with Gasteiger partial charge in [-0.1, -0.05) is 30.3 Å². The van der Waals surface area contributed by atoms with Gasteiger partial charge in [0.15, 0.2) is 6.29 Å². The number of benzene rings is 2. The van der Waals surface area contributed by atoms with Gasteiger partial charge >= 0.3 is 5.97 Å². The third kappa shape index (κ3) is 5.85. The highest BCUT2D eigenvalue weighted by molar-refractivity contribution is 7.89. The second kappa shape index (κ2) is 9.65. The number of carbonyl (C=O) groups is 1. The lowest BCUT2D eigenvalue weighted by molar-refractivity contribution is -0.234. The van der Waals surface area contributed by atoms with Gasteiger partial charge in [-0.05, 0) is 36.8 Å². The maximum Gasteiger partial charge on any atom is 0.303 e. The van der Waals surface area contributed by atoms with Gasteiger partial charge in [0.25, 0.3) is 0 Å². The molecular weight excluding hydrogens is 413 g/mol. The van der Waals surface area contributed by atoms with Crippen molar-refractivity contribution in [2.24, 2.45) is 0 Å². The normalized spacial score (nSPS) is 24.4. The molecule has 1 aliphatic rings. The van der Waals surface area contributed by atoms with Crippen LogP contribution in [-0.2, 0) is 35.6 Å². The Bertz CT molecular complexity index is 951. The van der Waals surface area contributed by atoms with Gasteiger partial charge in [-0.25, -0.2) is 17.5 Å². The zero-order chi connectivity index (χ0) is 21.7. The van der Waals surface area contributed by atoms with Crippen molar-refractivity contribution in [3.05, 3.63) is 66.0 Å². The summed E-state index contributed by atoms with van der Waals surface area (Å²) in [6, 6.07) is 13.2. The molecule has 3 rings (SSSR count). The van der Waals surface area contributed by atoms with Crippen LogP contribution in [0.5, 0.6) is 0 Å². The smallest absolute Gasteiger partial charge is 0.303 e. The average Bonchev–Trinajstić information content (AvgIpc) is 2.70. The number of ether oxygens (including phenoxy) is 3. The third-order valence-corrected chi connectivity index (χ3v) is 6.19. The zero-order valence-electron chi connectivity index (χ0n) is 16.7. The molecule has 9 heteroatoms. The Kier molecular flexibility index (Phi) is 7.19. The lowest BCUT2D eigenvalue weighted by Gasteiger charge is -2.39. The number of sulfonamides is 1. The summed E-state index contributed by atoms with van der Waals surface area (Å²) in [5.41, 5.74) is 0.944. The van der Waals surface area contributed by atoms with Crippen LogP contribution < -0.4 is 4.72 Å². The topological polar surface area (TPSA) is 90.9 Å². The molecule has 0 unspecified atom stereocenters. The first-order valence-corrected chi connectivity index (χ1v) is 11.0. The average molecular weight is 437 g/mol. The molecule has 2 aromatic carbocycles. The van der Waals surface area contributed by atoms with Gasteiger partial charge in [-0.2, -0.15) is 0 Å². The summed E-state index contributed by atoms with van der Waals surface area (Å²) in [6.45, 7) is 3.22. The van der Waals surface area contributed by atoms with Crippen LogP contribution >= 0.6 is 0 Å². The molecule has 0 aromatic heterocycles. The molecule has 0 spiro atoms. The van der Waals surface area contributed by atoms with Crippen molar-refractivity contribution in [2.45, 2.75) is 56.3 Å². The number of hydrogen-bond acceptors (Lipinski definition) is 6. The highest BCUT2D eigenvalue weighted by Crippen LogP contribution is 2.26. The van der Waals surface area contributed by atoms with E-state index < -0.39 is 46.3 Å². The molecule has 1 fully saturated rings. The van der Waals surface area contributed by atoms with Gasteiger partial charge in [-0.3, -0.25) is 4.79 Å². The molecule has 1 saturated heterocycles. The van der Waals surface area contributed by atoms with E-state index in [9.17, 15) is 17.6 Å². The highest BCUT2D eigenvalue weighted by atomic mass is 32.2. The van der Waals surface area contributed by atoms with Crippen molar-refractivity contribution in [1.82, 2.24) is 4.72 Å². The van der Waals surface area contributed by atoms with Crippen molar-refractivity contribution in [2.75, 3.05) is 0 Å². The Hall–Kier alpha value is -2.33. The van der Waals surface area contributed by atoms with Gasteiger partial charge in [0.2, 0.25) is 10.0 Å². The summed E-state index contributed by atoms with van der Waals surface area (Å²) in [7, 11) is -3.98. The summed E-state index contributed by atoms with van der Waals surface area (Å²) in [5, 5.41) is 0. The lowest BCUT2D eigenvalue weighted by atomic mass is 10.0. The SMILES string of the molecule is CC(=O)O[C@H]1[C@H](C)O[C@@H](OCc2ccccc2)C[C@H]1NS(=O)(=O)c1ccc(F)cc1. The maximum atomic E-state index is 13.2. The summed E-state index contributed by atoms with van der Waals surface area (Å²) >= 11 is 0. The molecule has 0 bridgehead atoms. The Morgan fingerprint density at radius 2 is 1.83 bits per heavy atom. The van der Waals surface area contributed by atoms with Gasteiger partial charge in [-0.15, -0.1) is 0 Å².